The van der Waals surface area contributed by atoms with Crippen molar-refractivity contribution in [2.75, 3.05) is 0 Å². The highest BCUT2D eigenvalue weighted by atomic mass is 19.4. The molecule has 0 aliphatic carbocycles. The van der Waals surface area contributed by atoms with Gasteiger partial charge in [-0.2, -0.15) is 13.2 Å². The predicted molar refractivity (Wildman–Crippen MR) is 107 cm³/mol. The molecule has 0 fully saturated rings. The number of benzene rings is 2. The van der Waals surface area contributed by atoms with E-state index in [1.54, 1.807) is 0 Å². The molecule has 0 bridgehead atoms. The molecule has 0 saturated carbocycles. The van der Waals surface area contributed by atoms with Crippen molar-refractivity contribution in [3.63, 3.8) is 0 Å². The lowest BCUT2D eigenvalue weighted by molar-refractivity contribution is -0.137. The Kier molecular flexibility index (Phi) is 8.26. The van der Waals surface area contributed by atoms with Crippen LogP contribution in [0, 0.1) is 29.1 Å². The molecular weight excluding hydrogens is 449 g/mol. The van der Waals surface area contributed by atoms with Crippen LogP contribution in [0.2, 0.25) is 0 Å². The van der Waals surface area contributed by atoms with Gasteiger partial charge in [0.05, 0.1) is 5.56 Å². The van der Waals surface area contributed by atoms with Crippen molar-refractivity contribution in [3.05, 3.63) is 70.8 Å². The Morgan fingerprint density at radius 1 is 0.909 bits per heavy atom. The molecule has 0 aliphatic rings. The SMILES string of the molecule is N=C(C(F)F)[C@H](NC(=O)c1ccc(C#CC#Cc2ccc(C(F)(F)F)cc2)cc1)C(=O)NO. The van der Waals surface area contributed by atoms with E-state index in [0.717, 1.165) is 17.6 Å². The van der Waals surface area contributed by atoms with Crippen LogP contribution in [0.15, 0.2) is 48.5 Å². The number of alkyl halides is 5. The second-order valence-corrected chi connectivity index (χ2v) is 6.29. The minimum absolute atomic E-state index is 0.0332. The van der Waals surface area contributed by atoms with Gasteiger partial charge in [-0.3, -0.25) is 14.8 Å². The first kappa shape index (κ1) is 25.0. The summed E-state index contributed by atoms with van der Waals surface area (Å²) in [7, 11) is 0. The fourth-order valence-corrected chi connectivity index (χ4v) is 2.34. The van der Waals surface area contributed by atoms with E-state index in [4.69, 9.17) is 10.6 Å². The van der Waals surface area contributed by atoms with Crippen molar-refractivity contribution in [3.8, 4) is 23.7 Å². The molecule has 4 N–H and O–H groups in total. The highest BCUT2D eigenvalue weighted by Crippen LogP contribution is 2.28. The van der Waals surface area contributed by atoms with E-state index in [9.17, 15) is 31.5 Å². The molecular formula is C22H14F5N3O3. The summed E-state index contributed by atoms with van der Waals surface area (Å²) < 4.78 is 63.0. The van der Waals surface area contributed by atoms with Crippen molar-refractivity contribution in [1.82, 2.24) is 10.8 Å². The van der Waals surface area contributed by atoms with Gasteiger partial charge in [-0.15, -0.1) is 0 Å². The van der Waals surface area contributed by atoms with Gasteiger partial charge >= 0.3 is 6.18 Å². The van der Waals surface area contributed by atoms with Gasteiger partial charge in [0.2, 0.25) is 0 Å². The van der Waals surface area contributed by atoms with Crippen molar-refractivity contribution in [2.24, 2.45) is 0 Å². The number of carbonyl (C=O) groups excluding carboxylic acids is 2. The average Bonchev–Trinajstić information content (AvgIpc) is 2.79. The summed E-state index contributed by atoms with van der Waals surface area (Å²) in [6, 6.07) is 7.53. The highest BCUT2D eigenvalue weighted by Gasteiger charge is 2.31. The summed E-state index contributed by atoms with van der Waals surface area (Å²) in [4.78, 5) is 23.6. The molecule has 0 aliphatic heterocycles. The number of hydrogen-bond donors (Lipinski definition) is 4. The quantitative estimate of drug-likeness (QED) is 0.180. The van der Waals surface area contributed by atoms with Gasteiger partial charge in [0.15, 0.2) is 6.04 Å². The molecule has 0 unspecified atom stereocenters. The third kappa shape index (κ3) is 7.16. The van der Waals surface area contributed by atoms with E-state index < -0.39 is 41.7 Å². The molecule has 2 amide bonds. The van der Waals surface area contributed by atoms with E-state index in [-0.39, 0.29) is 5.56 Å². The van der Waals surface area contributed by atoms with E-state index in [1.165, 1.54) is 36.4 Å². The van der Waals surface area contributed by atoms with Gasteiger partial charge < -0.3 is 10.7 Å². The zero-order chi connectivity index (χ0) is 24.6. The standard InChI is InChI=1S/C22H14F5N3O3/c23-19(24)17(28)18(21(32)30-33)29-20(31)15-9-5-13(6-10-15)3-1-2-4-14-7-11-16(12-8-14)22(25,26)27/h5-12,18-19,28,33H,(H,29,31)(H,30,32)/t18-/m0/s1. The number of carbonyl (C=O) groups is 2. The summed E-state index contributed by atoms with van der Waals surface area (Å²) in [5.74, 6) is 7.87. The summed E-state index contributed by atoms with van der Waals surface area (Å²) in [5.41, 5.74) is -0.370. The third-order valence-corrected chi connectivity index (χ3v) is 4.03. The van der Waals surface area contributed by atoms with Crippen LogP contribution >= 0.6 is 0 Å². The summed E-state index contributed by atoms with van der Waals surface area (Å²) >= 11 is 0. The van der Waals surface area contributed by atoms with Crippen LogP contribution in [-0.4, -0.2) is 35.2 Å². The van der Waals surface area contributed by atoms with Crippen LogP contribution < -0.4 is 10.8 Å². The van der Waals surface area contributed by atoms with E-state index in [1.807, 2.05) is 5.32 Å². The minimum atomic E-state index is -4.44. The lowest BCUT2D eigenvalue weighted by atomic mass is 10.1. The zero-order valence-electron chi connectivity index (χ0n) is 16.4. The number of hydroxylamine groups is 1. The molecule has 11 heteroatoms. The highest BCUT2D eigenvalue weighted by molar-refractivity contribution is 6.11. The van der Waals surface area contributed by atoms with Crippen LogP contribution in [0.4, 0.5) is 22.0 Å². The first-order chi connectivity index (χ1) is 15.5. The van der Waals surface area contributed by atoms with Crippen molar-refractivity contribution < 1.29 is 36.7 Å². The summed E-state index contributed by atoms with van der Waals surface area (Å²) in [6.45, 7) is 0. The molecule has 0 spiro atoms. The normalized spacial score (nSPS) is 11.4. The van der Waals surface area contributed by atoms with Gasteiger partial charge in [0.25, 0.3) is 18.2 Å². The van der Waals surface area contributed by atoms with Gasteiger partial charge in [-0.05, 0) is 60.4 Å². The molecule has 6 nitrogen and oxygen atoms in total. The van der Waals surface area contributed by atoms with Crippen LogP contribution in [0.1, 0.15) is 27.0 Å². The van der Waals surface area contributed by atoms with Crippen LogP contribution in [0.25, 0.3) is 0 Å². The maximum Gasteiger partial charge on any atom is 0.416 e. The summed E-state index contributed by atoms with van der Waals surface area (Å²) in [6.07, 6.45) is -7.76. The Hall–Kier alpha value is -4.22. The van der Waals surface area contributed by atoms with E-state index in [2.05, 4.69) is 23.7 Å². The molecule has 2 aromatic carbocycles. The number of rotatable bonds is 5. The van der Waals surface area contributed by atoms with Crippen molar-refractivity contribution in [1.29, 1.82) is 5.41 Å². The Labute approximate surface area is 184 Å². The molecule has 0 aromatic heterocycles. The Bertz CT molecular complexity index is 1150. The molecule has 33 heavy (non-hydrogen) atoms. The van der Waals surface area contributed by atoms with E-state index in [0.29, 0.717) is 11.1 Å². The maximum atomic E-state index is 12.7. The summed E-state index contributed by atoms with van der Waals surface area (Å²) in [5, 5.41) is 17.7. The first-order valence-electron chi connectivity index (χ1n) is 8.93. The number of amides is 2. The molecule has 0 radical (unpaired) electrons. The lowest BCUT2D eigenvalue weighted by Gasteiger charge is -2.17. The third-order valence-electron chi connectivity index (χ3n) is 4.03. The predicted octanol–water partition coefficient (Wildman–Crippen LogP) is 3.00. The monoisotopic (exact) mass is 463 g/mol. The first-order valence-corrected chi connectivity index (χ1v) is 8.93. The van der Waals surface area contributed by atoms with E-state index >= 15 is 0 Å². The molecule has 2 rings (SSSR count). The molecule has 2 aromatic rings. The number of nitrogens with one attached hydrogen (secondary N) is 3. The lowest BCUT2D eigenvalue weighted by Crippen LogP contribution is -2.52. The smallest absolute Gasteiger partial charge is 0.335 e. The van der Waals surface area contributed by atoms with Gasteiger partial charge in [0, 0.05) is 16.7 Å². The van der Waals surface area contributed by atoms with Gasteiger partial charge in [0.1, 0.15) is 5.71 Å². The zero-order valence-corrected chi connectivity index (χ0v) is 16.4. The van der Waals surface area contributed by atoms with Crippen LogP contribution in [0.3, 0.4) is 0 Å². The molecule has 0 saturated heterocycles. The Morgan fingerprint density at radius 2 is 1.39 bits per heavy atom. The number of hydrogen-bond acceptors (Lipinski definition) is 4. The Balaban J connectivity index is 2.06. The second kappa shape index (κ2) is 10.9. The molecule has 0 heterocycles. The van der Waals surface area contributed by atoms with Crippen LogP contribution in [0.5, 0.6) is 0 Å². The molecule has 170 valence electrons. The largest absolute Gasteiger partial charge is 0.416 e. The topological polar surface area (TPSA) is 102 Å². The van der Waals surface area contributed by atoms with Gasteiger partial charge in [-0.25, -0.2) is 14.3 Å². The molecule has 1 atom stereocenters. The number of halogens is 5. The Morgan fingerprint density at radius 3 is 1.82 bits per heavy atom. The second-order valence-electron chi connectivity index (χ2n) is 6.29. The fourth-order valence-electron chi connectivity index (χ4n) is 2.34. The van der Waals surface area contributed by atoms with Crippen molar-refractivity contribution in [2.45, 2.75) is 18.6 Å². The van der Waals surface area contributed by atoms with Crippen LogP contribution in [-0.2, 0) is 11.0 Å². The fraction of sp³-hybridized carbons (Fsp3) is 0.136. The minimum Gasteiger partial charge on any atom is -0.335 e. The van der Waals surface area contributed by atoms with Gasteiger partial charge in [-0.1, -0.05) is 11.8 Å². The average molecular weight is 463 g/mol. The maximum absolute atomic E-state index is 12.7. The van der Waals surface area contributed by atoms with Crippen molar-refractivity contribution >= 4 is 17.5 Å².